The maximum Gasteiger partial charge on any atom is 0.472 e. The lowest BCUT2D eigenvalue weighted by atomic mass is 10.0. The summed E-state index contributed by atoms with van der Waals surface area (Å²) in [5, 5.41) is 13.9. The number of unbranched alkanes of at least 4 members (excludes halogenated alkanes) is 29. The zero-order chi connectivity index (χ0) is 57.0. The van der Waals surface area contributed by atoms with Crippen LogP contribution in [-0.2, 0) is 18.4 Å². The van der Waals surface area contributed by atoms with Crippen molar-refractivity contribution in [2.45, 2.75) is 283 Å². The second-order valence-electron chi connectivity index (χ2n) is 22.7. The van der Waals surface area contributed by atoms with Gasteiger partial charge in [0.05, 0.1) is 39.9 Å². The number of phosphoric acid groups is 1. The van der Waals surface area contributed by atoms with E-state index in [0.29, 0.717) is 17.4 Å². The van der Waals surface area contributed by atoms with Crippen LogP contribution >= 0.6 is 7.82 Å². The minimum absolute atomic E-state index is 0.0539. The minimum atomic E-state index is -4.36. The Morgan fingerprint density at radius 1 is 0.449 bits per heavy atom. The third-order valence-corrected chi connectivity index (χ3v) is 15.0. The van der Waals surface area contributed by atoms with Gasteiger partial charge in [-0.05, 0) is 89.9 Å². The molecule has 0 aliphatic heterocycles. The molecule has 0 aromatic rings. The number of rotatable bonds is 58. The quantitative estimate of drug-likeness (QED) is 0.0243. The number of aliphatic hydroxyl groups is 1. The van der Waals surface area contributed by atoms with Crippen LogP contribution in [0.1, 0.15) is 271 Å². The van der Waals surface area contributed by atoms with Gasteiger partial charge in [0.15, 0.2) is 0 Å². The molecule has 9 heteroatoms. The molecule has 0 aromatic heterocycles. The Balaban J connectivity index is 3.98. The van der Waals surface area contributed by atoms with E-state index in [-0.39, 0.29) is 19.1 Å². The number of hydrogen-bond donors (Lipinski definition) is 3. The van der Waals surface area contributed by atoms with Crippen molar-refractivity contribution in [3.05, 3.63) is 109 Å². The summed E-state index contributed by atoms with van der Waals surface area (Å²) in [4.78, 5) is 23.3. The van der Waals surface area contributed by atoms with Gasteiger partial charge in [-0.2, -0.15) is 0 Å². The van der Waals surface area contributed by atoms with E-state index in [0.717, 1.165) is 83.5 Å². The Morgan fingerprint density at radius 2 is 0.782 bits per heavy atom. The normalized spacial score (nSPS) is 14.5. The Hall–Kier alpha value is -2.84. The Labute approximate surface area is 482 Å². The molecular formula is C69H124N2O6P+. The number of phosphoric ester groups is 1. The first kappa shape index (κ1) is 75.2. The van der Waals surface area contributed by atoms with Crippen LogP contribution in [0, 0.1) is 0 Å². The third kappa shape index (κ3) is 60.8. The first-order valence-corrected chi connectivity index (χ1v) is 33.8. The number of nitrogens with zero attached hydrogens (tertiary/aromatic N) is 1. The van der Waals surface area contributed by atoms with Crippen LogP contribution in [0.25, 0.3) is 0 Å². The van der Waals surface area contributed by atoms with E-state index in [2.05, 4.69) is 116 Å². The van der Waals surface area contributed by atoms with Gasteiger partial charge >= 0.3 is 7.82 Å². The van der Waals surface area contributed by atoms with Gasteiger partial charge in [0.2, 0.25) is 5.91 Å². The second kappa shape index (κ2) is 58.8. The molecule has 1 amide bonds. The molecule has 0 heterocycles. The number of hydrogen-bond acceptors (Lipinski definition) is 5. The number of likely N-dealkylation sites (N-methyl/N-ethyl adjacent to an activating group) is 1. The lowest BCUT2D eigenvalue weighted by molar-refractivity contribution is -0.870. The van der Waals surface area contributed by atoms with Crippen molar-refractivity contribution < 1.29 is 32.9 Å². The topological polar surface area (TPSA) is 105 Å². The van der Waals surface area contributed by atoms with Crippen LogP contribution in [0.5, 0.6) is 0 Å². The van der Waals surface area contributed by atoms with Crippen LogP contribution in [-0.4, -0.2) is 73.4 Å². The number of allylic oxidation sites excluding steroid dienone is 17. The lowest BCUT2D eigenvalue weighted by Gasteiger charge is -2.25. The molecule has 0 aliphatic carbocycles. The number of carbonyl (C=O) groups is 1. The highest BCUT2D eigenvalue weighted by molar-refractivity contribution is 7.47. The summed E-state index contributed by atoms with van der Waals surface area (Å²) in [6.45, 7) is 4.68. The molecule has 0 radical (unpaired) electrons. The van der Waals surface area contributed by atoms with Crippen molar-refractivity contribution in [3.8, 4) is 0 Å². The Kier molecular flexibility index (Phi) is 56.7. The molecule has 78 heavy (non-hydrogen) atoms. The van der Waals surface area contributed by atoms with Crippen LogP contribution in [0.15, 0.2) is 109 Å². The molecule has 3 N–H and O–H groups in total. The lowest BCUT2D eigenvalue weighted by Crippen LogP contribution is -2.45. The molecule has 0 bridgehead atoms. The van der Waals surface area contributed by atoms with Crippen molar-refractivity contribution >= 4 is 13.7 Å². The maximum absolute atomic E-state index is 13.0. The van der Waals surface area contributed by atoms with Gasteiger partial charge in [-0.3, -0.25) is 13.8 Å². The fraction of sp³-hybridized carbons (Fsp3) is 0.725. The second-order valence-corrected chi connectivity index (χ2v) is 24.2. The minimum Gasteiger partial charge on any atom is -0.387 e. The van der Waals surface area contributed by atoms with Gasteiger partial charge in [0.25, 0.3) is 0 Å². The first-order chi connectivity index (χ1) is 38.0. The van der Waals surface area contributed by atoms with Crippen molar-refractivity contribution in [1.82, 2.24) is 5.32 Å². The zero-order valence-corrected chi connectivity index (χ0v) is 52.3. The fourth-order valence-corrected chi connectivity index (χ4v) is 9.72. The van der Waals surface area contributed by atoms with Crippen molar-refractivity contribution in [2.24, 2.45) is 0 Å². The molecule has 3 atom stereocenters. The average Bonchev–Trinajstić information content (AvgIpc) is 3.41. The molecule has 8 nitrogen and oxygen atoms in total. The summed E-state index contributed by atoms with van der Waals surface area (Å²) in [6.07, 6.45) is 86.5. The van der Waals surface area contributed by atoms with Gasteiger partial charge in [0, 0.05) is 6.42 Å². The SMILES string of the molecule is CC/C=C\C/C=C\C/C=C\C/C=C\C/C=C\C/C=C\C/C=C\CCCCCCCCCCCCCCCCCCCCCC(=O)NC(COP(=O)(O)OCC[N+](C)(C)C)C(O)/C=C/CC/C=C/CCCCCCCCCCC. The summed E-state index contributed by atoms with van der Waals surface area (Å²) in [6, 6.07) is -0.867. The highest BCUT2D eigenvalue weighted by atomic mass is 31.2. The predicted octanol–water partition coefficient (Wildman–Crippen LogP) is 20.3. The third-order valence-electron chi connectivity index (χ3n) is 14.0. The van der Waals surface area contributed by atoms with Gasteiger partial charge in [-0.25, -0.2) is 4.57 Å². The van der Waals surface area contributed by atoms with Crippen LogP contribution in [0.2, 0.25) is 0 Å². The molecule has 0 spiro atoms. The molecule has 0 aromatic carbocycles. The molecule has 0 rings (SSSR count). The van der Waals surface area contributed by atoms with E-state index in [1.807, 2.05) is 27.2 Å². The molecule has 0 saturated carbocycles. The van der Waals surface area contributed by atoms with Gasteiger partial charge in [-0.1, -0.05) is 284 Å². The van der Waals surface area contributed by atoms with Crippen LogP contribution in [0.3, 0.4) is 0 Å². The van der Waals surface area contributed by atoms with Crippen molar-refractivity contribution in [3.63, 3.8) is 0 Å². The van der Waals surface area contributed by atoms with Gasteiger partial charge in [0.1, 0.15) is 13.2 Å². The van der Waals surface area contributed by atoms with Crippen LogP contribution < -0.4 is 5.32 Å². The highest BCUT2D eigenvalue weighted by Gasteiger charge is 2.27. The summed E-state index contributed by atoms with van der Waals surface area (Å²) in [5.74, 6) is -0.187. The molecule has 0 fully saturated rings. The smallest absolute Gasteiger partial charge is 0.387 e. The molecular weight excluding hydrogens is 984 g/mol. The summed E-state index contributed by atoms with van der Waals surface area (Å²) in [7, 11) is 1.55. The fourth-order valence-electron chi connectivity index (χ4n) is 8.98. The molecule has 450 valence electrons. The van der Waals surface area contributed by atoms with E-state index < -0.39 is 20.0 Å². The van der Waals surface area contributed by atoms with Crippen molar-refractivity contribution in [1.29, 1.82) is 0 Å². The average molecular weight is 1110 g/mol. The molecule has 0 aliphatic rings. The van der Waals surface area contributed by atoms with E-state index >= 15 is 0 Å². The van der Waals surface area contributed by atoms with E-state index in [1.54, 1.807) is 6.08 Å². The number of aliphatic hydroxyl groups excluding tert-OH is 1. The number of carbonyl (C=O) groups excluding carboxylic acids is 1. The summed E-state index contributed by atoms with van der Waals surface area (Å²) in [5.41, 5.74) is 0. The monoisotopic (exact) mass is 1110 g/mol. The predicted molar refractivity (Wildman–Crippen MR) is 341 cm³/mol. The molecule has 3 unspecified atom stereocenters. The summed E-state index contributed by atoms with van der Waals surface area (Å²) < 4.78 is 23.7. The standard InChI is InChI=1S/C69H123N2O6P/c1-6-8-10-12-14-16-18-20-22-23-24-25-26-27-28-29-30-31-32-33-34-35-36-37-38-39-40-41-42-43-44-45-46-47-49-51-53-55-57-59-61-63-69(73)70-67(66-77-78(74,75)76-65-64-71(3,4)5)68(72)62-60-58-56-54-52-50-48-21-19-17-15-13-11-9-7-2/h8,10,14,16,20,22,24-25,27-28,30-31,33-34,52,54,60,62,67-68,72H,6-7,9,11-13,15,17-19,21,23,26,29,32,35-51,53,55-59,61,63-66H2,1-5H3,(H-,70,73,74,75)/p+1/b10-8-,16-14-,22-20-,25-24-,28-27-,31-30-,34-33-,54-52+,62-60+. The van der Waals surface area contributed by atoms with E-state index in [1.165, 1.54) is 167 Å². The number of quaternary nitrogens is 1. The molecule has 0 saturated heterocycles. The van der Waals surface area contributed by atoms with Crippen LogP contribution in [0.4, 0.5) is 0 Å². The highest BCUT2D eigenvalue weighted by Crippen LogP contribution is 2.43. The van der Waals surface area contributed by atoms with E-state index in [4.69, 9.17) is 9.05 Å². The largest absolute Gasteiger partial charge is 0.472 e. The van der Waals surface area contributed by atoms with Gasteiger partial charge < -0.3 is 19.8 Å². The Morgan fingerprint density at radius 3 is 1.18 bits per heavy atom. The first-order valence-electron chi connectivity index (χ1n) is 32.3. The maximum atomic E-state index is 13.0. The van der Waals surface area contributed by atoms with Crippen molar-refractivity contribution in [2.75, 3.05) is 40.9 Å². The van der Waals surface area contributed by atoms with Gasteiger partial charge in [-0.15, -0.1) is 0 Å². The van der Waals surface area contributed by atoms with E-state index in [9.17, 15) is 19.4 Å². The number of nitrogens with one attached hydrogen (secondary N) is 1. The number of amides is 1. The zero-order valence-electron chi connectivity index (χ0n) is 51.4. The summed E-state index contributed by atoms with van der Waals surface area (Å²) >= 11 is 0. The Bertz CT molecular complexity index is 1640.